The van der Waals surface area contributed by atoms with Gasteiger partial charge in [0.05, 0.1) is 0 Å². The molecule has 1 aromatic carbocycles. The zero-order chi connectivity index (χ0) is 5.98. The summed E-state index contributed by atoms with van der Waals surface area (Å²) in [6, 6.07) is 7.53. The fourth-order valence-corrected chi connectivity index (χ4v) is 0.727. The molecule has 52 valence electrons. The number of benzene rings is 1. The molecule has 1 rings (SSSR count). The average molecular weight is 201 g/mol. The van der Waals surface area contributed by atoms with Gasteiger partial charge < -0.3 is 11.0 Å². The van der Waals surface area contributed by atoms with Crippen LogP contribution in [0, 0.1) is 0 Å². The molecule has 0 radical (unpaired) electrons. The van der Waals surface area contributed by atoms with E-state index in [9.17, 15) is 0 Å². The molecule has 0 unspecified atom stereocenters. The third-order valence-electron chi connectivity index (χ3n) is 0.870. The Kier molecular flexibility index (Phi) is 6.76. The fourth-order valence-electron chi connectivity index (χ4n) is 0.463. The summed E-state index contributed by atoms with van der Waals surface area (Å²) in [6.45, 7) is 0. The number of rotatable bonds is 0. The average Bonchev–Trinajstić information content (AvgIpc) is 1.77. The van der Waals surface area contributed by atoms with Gasteiger partial charge in [-0.25, -0.2) is 0 Å². The second-order valence-electron chi connectivity index (χ2n) is 1.55. The predicted octanol–water partition coefficient (Wildman–Crippen LogP) is 0.889. The standard InChI is InChI=1S/C6H4BBr.2H2O/c7-5-1-3-6(8)4-2-5;;/h1-4H;2*1H2/q+2;;/p-2. The van der Waals surface area contributed by atoms with Crippen LogP contribution in [0.1, 0.15) is 0 Å². The van der Waals surface area contributed by atoms with Crippen molar-refractivity contribution in [3.63, 3.8) is 0 Å². The van der Waals surface area contributed by atoms with E-state index >= 15 is 0 Å². The van der Waals surface area contributed by atoms with E-state index in [1.54, 1.807) is 0 Å². The molecule has 0 atom stereocenters. The molecule has 4 heteroatoms. The van der Waals surface area contributed by atoms with Crippen molar-refractivity contribution in [3.8, 4) is 0 Å². The van der Waals surface area contributed by atoms with Crippen LogP contribution >= 0.6 is 15.9 Å². The maximum atomic E-state index is 5.41. The third kappa shape index (κ3) is 3.66. The smallest absolute Gasteiger partial charge is 0.870 e. The Bertz CT molecular complexity index is 155. The van der Waals surface area contributed by atoms with E-state index in [0.717, 1.165) is 9.94 Å². The van der Waals surface area contributed by atoms with Crippen molar-refractivity contribution in [2.75, 3.05) is 0 Å². The Balaban J connectivity index is 0. The second kappa shape index (κ2) is 5.47. The second-order valence-corrected chi connectivity index (χ2v) is 2.47. The Morgan fingerprint density at radius 1 is 1.00 bits per heavy atom. The normalized spacial score (nSPS) is 7.50. The van der Waals surface area contributed by atoms with Crippen molar-refractivity contribution >= 4 is 29.2 Å². The zero-order valence-electron chi connectivity index (χ0n) is 5.16. The minimum atomic E-state index is 0. The van der Waals surface area contributed by atoms with E-state index in [-0.39, 0.29) is 11.0 Å². The summed E-state index contributed by atoms with van der Waals surface area (Å²) in [4.78, 5) is 0. The third-order valence-corrected chi connectivity index (χ3v) is 1.40. The topological polar surface area (TPSA) is 60.0 Å². The molecule has 0 fully saturated rings. The maximum absolute atomic E-state index is 5.41. The SMILES string of the molecule is [B+2]c1ccc(Br)cc1.[OH-].[OH-]. The van der Waals surface area contributed by atoms with Crippen LogP contribution in [0.5, 0.6) is 0 Å². The number of hydrogen-bond donors (Lipinski definition) is 0. The van der Waals surface area contributed by atoms with Gasteiger partial charge in [0.15, 0.2) is 0 Å². The van der Waals surface area contributed by atoms with Crippen molar-refractivity contribution in [1.82, 2.24) is 0 Å². The van der Waals surface area contributed by atoms with Gasteiger partial charge in [-0.15, -0.1) is 0 Å². The van der Waals surface area contributed by atoms with E-state index in [4.69, 9.17) is 7.85 Å². The number of halogens is 1. The van der Waals surface area contributed by atoms with Crippen molar-refractivity contribution in [2.24, 2.45) is 0 Å². The van der Waals surface area contributed by atoms with Crippen molar-refractivity contribution in [2.45, 2.75) is 0 Å². The first kappa shape index (κ1) is 12.4. The predicted molar refractivity (Wildman–Crippen MR) is 43.4 cm³/mol. The van der Waals surface area contributed by atoms with Crippen LogP contribution in [0.2, 0.25) is 0 Å². The Morgan fingerprint density at radius 2 is 1.40 bits per heavy atom. The van der Waals surface area contributed by atoms with Gasteiger partial charge in [-0.2, -0.15) is 0 Å². The Morgan fingerprint density at radius 3 is 1.70 bits per heavy atom. The fraction of sp³-hybridized carbons (Fsp3) is 0. The number of hydrogen-bond acceptors (Lipinski definition) is 2. The van der Waals surface area contributed by atoms with Crippen molar-refractivity contribution in [1.29, 1.82) is 0 Å². The molecule has 0 aliphatic heterocycles. The quantitative estimate of drug-likeness (QED) is 0.585. The molecule has 0 spiro atoms. The molecule has 0 aliphatic rings. The van der Waals surface area contributed by atoms with Crippen LogP contribution < -0.4 is 5.46 Å². The Labute approximate surface area is 69.4 Å². The summed E-state index contributed by atoms with van der Waals surface area (Å²) in [7, 11) is 5.41. The molecule has 0 aliphatic carbocycles. The van der Waals surface area contributed by atoms with Gasteiger partial charge in [0.1, 0.15) is 0 Å². The van der Waals surface area contributed by atoms with Gasteiger partial charge in [0.25, 0.3) is 0 Å². The van der Waals surface area contributed by atoms with E-state index in [0.29, 0.717) is 0 Å². The van der Waals surface area contributed by atoms with Crippen molar-refractivity contribution < 1.29 is 11.0 Å². The molecule has 2 N–H and O–H groups in total. The van der Waals surface area contributed by atoms with Gasteiger partial charge in [-0.05, 0) is 0 Å². The Hall–Kier alpha value is -0.315. The molecule has 0 bridgehead atoms. The van der Waals surface area contributed by atoms with Crippen LogP contribution in [0.15, 0.2) is 28.7 Å². The van der Waals surface area contributed by atoms with Gasteiger partial charge in [-0.3, -0.25) is 0 Å². The van der Waals surface area contributed by atoms with E-state index in [1.807, 2.05) is 24.3 Å². The largest absolute Gasteiger partial charge is 0.870 e. The molecular weight excluding hydrogens is 195 g/mol. The first-order valence-corrected chi connectivity index (χ1v) is 3.09. The van der Waals surface area contributed by atoms with Crippen LogP contribution in [0.3, 0.4) is 0 Å². The summed E-state index contributed by atoms with van der Waals surface area (Å²) in [6.07, 6.45) is 0. The molecular formula is C6H6BBrO2. The first-order chi connectivity index (χ1) is 3.79. The summed E-state index contributed by atoms with van der Waals surface area (Å²) in [5.41, 5.74) is 0.799. The van der Waals surface area contributed by atoms with Crippen LogP contribution in [-0.4, -0.2) is 18.8 Å². The first-order valence-electron chi connectivity index (χ1n) is 2.30. The molecule has 0 saturated carbocycles. The summed E-state index contributed by atoms with van der Waals surface area (Å²) in [5, 5.41) is 0. The van der Waals surface area contributed by atoms with Gasteiger partial charge in [0, 0.05) is 0 Å². The molecule has 1 aromatic rings. The minimum absolute atomic E-state index is 0. The molecule has 0 heterocycles. The monoisotopic (exact) mass is 200 g/mol. The van der Waals surface area contributed by atoms with Gasteiger partial charge in [0.2, 0.25) is 0 Å². The summed E-state index contributed by atoms with van der Waals surface area (Å²) >= 11 is 3.29. The zero-order valence-corrected chi connectivity index (χ0v) is 6.75. The van der Waals surface area contributed by atoms with Crippen LogP contribution in [-0.2, 0) is 0 Å². The summed E-state index contributed by atoms with van der Waals surface area (Å²) in [5.74, 6) is 0. The van der Waals surface area contributed by atoms with Gasteiger partial charge >= 0.3 is 58.0 Å². The molecule has 0 aromatic heterocycles. The van der Waals surface area contributed by atoms with Crippen LogP contribution in [0.4, 0.5) is 0 Å². The maximum Gasteiger partial charge on any atom is -0.870 e. The molecule has 0 amide bonds. The van der Waals surface area contributed by atoms with E-state index in [1.165, 1.54) is 0 Å². The molecule has 10 heavy (non-hydrogen) atoms. The van der Waals surface area contributed by atoms with Crippen LogP contribution in [0.25, 0.3) is 0 Å². The van der Waals surface area contributed by atoms with Gasteiger partial charge in [-0.1, -0.05) is 0 Å². The van der Waals surface area contributed by atoms with Crippen molar-refractivity contribution in [3.05, 3.63) is 28.7 Å². The molecule has 0 saturated heterocycles. The minimum Gasteiger partial charge on any atom is -0.870 e. The van der Waals surface area contributed by atoms with E-state index in [2.05, 4.69) is 15.9 Å². The molecule has 2 nitrogen and oxygen atoms in total. The van der Waals surface area contributed by atoms with E-state index < -0.39 is 0 Å². The summed E-state index contributed by atoms with van der Waals surface area (Å²) < 4.78 is 1.06.